The van der Waals surface area contributed by atoms with Crippen LogP contribution in [0.3, 0.4) is 0 Å². The first-order chi connectivity index (χ1) is 10.8. The van der Waals surface area contributed by atoms with Gasteiger partial charge < -0.3 is 15.0 Å². The lowest BCUT2D eigenvalue weighted by Gasteiger charge is -2.37. The van der Waals surface area contributed by atoms with Crippen molar-refractivity contribution in [1.29, 1.82) is 0 Å². The Balaban J connectivity index is 1.91. The molecule has 0 saturated carbocycles. The van der Waals surface area contributed by atoms with E-state index >= 15 is 0 Å². The minimum absolute atomic E-state index is 0.0333. The van der Waals surface area contributed by atoms with Crippen molar-refractivity contribution in [3.63, 3.8) is 0 Å². The molecule has 0 aromatic heterocycles. The van der Waals surface area contributed by atoms with Crippen LogP contribution in [0.4, 0.5) is 0 Å². The highest BCUT2D eigenvalue weighted by molar-refractivity contribution is 6.32. The Hall–Kier alpha value is -1.26. The van der Waals surface area contributed by atoms with Crippen LogP contribution in [0.1, 0.15) is 27.2 Å². The average molecular weight is 339 g/mol. The summed E-state index contributed by atoms with van der Waals surface area (Å²) in [6.07, 6.45) is 0.991. The first-order valence-corrected chi connectivity index (χ1v) is 8.54. The van der Waals surface area contributed by atoms with Crippen molar-refractivity contribution in [3.05, 3.63) is 29.3 Å². The summed E-state index contributed by atoms with van der Waals surface area (Å²) in [5.74, 6) is 1.10. The van der Waals surface area contributed by atoms with Gasteiger partial charge in [0.2, 0.25) is 5.91 Å². The molecule has 1 aliphatic rings. The highest BCUT2D eigenvalue weighted by atomic mass is 35.5. The molecule has 2 unspecified atom stereocenters. The highest BCUT2D eigenvalue weighted by Gasteiger charge is 2.33. The van der Waals surface area contributed by atoms with Crippen molar-refractivity contribution in [1.82, 2.24) is 10.2 Å². The number of hydrogen-bond donors (Lipinski definition) is 1. The minimum atomic E-state index is -0.609. The summed E-state index contributed by atoms with van der Waals surface area (Å²) in [5.41, 5.74) is -0.609. The summed E-state index contributed by atoms with van der Waals surface area (Å²) in [6, 6.07) is 7.56. The zero-order valence-corrected chi connectivity index (χ0v) is 15.2. The first-order valence-electron chi connectivity index (χ1n) is 8.16. The van der Waals surface area contributed by atoms with Gasteiger partial charge in [-0.3, -0.25) is 4.79 Å². The molecular formula is C18H27ClN2O2. The lowest BCUT2D eigenvalue weighted by molar-refractivity contribution is -0.132. The summed E-state index contributed by atoms with van der Waals surface area (Å²) in [4.78, 5) is 14.9. The largest absolute Gasteiger partial charge is 0.491 e. The Morgan fingerprint density at radius 1 is 1.43 bits per heavy atom. The van der Waals surface area contributed by atoms with Crippen molar-refractivity contribution >= 4 is 17.5 Å². The molecule has 128 valence electrons. The Morgan fingerprint density at radius 3 is 2.78 bits per heavy atom. The van der Waals surface area contributed by atoms with E-state index in [9.17, 15) is 4.79 Å². The van der Waals surface area contributed by atoms with Crippen LogP contribution in [0.15, 0.2) is 24.3 Å². The smallest absolute Gasteiger partial charge is 0.229 e. The summed E-state index contributed by atoms with van der Waals surface area (Å²) < 4.78 is 5.75. The first kappa shape index (κ1) is 18.1. The quantitative estimate of drug-likeness (QED) is 0.896. The van der Waals surface area contributed by atoms with E-state index in [1.54, 1.807) is 6.07 Å². The van der Waals surface area contributed by atoms with Gasteiger partial charge in [0.15, 0.2) is 0 Å². The van der Waals surface area contributed by atoms with Gasteiger partial charge in [-0.2, -0.15) is 0 Å². The number of likely N-dealkylation sites (tertiary alicyclic amines) is 1. The Bertz CT molecular complexity index is 548. The number of ether oxygens (including phenoxy) is 1. The lowest BCUT2D eigenvalue weighted by Crippen LogP contribution is -2.52. The number of nitrogens with one attached hydrogen (secondary N) is 1. The molecule has 1 saturated heterocycles. The van der Waals surface area contributed by atoms with Crippen LogP contribution in [0.2, 0.25) is 5.02 Å². The molecule has 1 aliphatic heterocycles. The molecule has 1 heterocycles. The van der Waals surface area contributed by atoms with E-state index in [4.69, 9.17) is 16.3 Å². The molecular weight excluding hydrogens is 312 g/mol. The van der Waals surface area contributed by atoms with Gasteiger partial charge in [0.05, 0.1) is 10.4 Å². The van der Waals surface area contributed by atoms with E-state index in [1.165, 1.54) is 0 Å². The van der Waals surface area contributed by atoms with E-state index in [0.717, 1.165) is 19.5 Å². The molecule has 1 N–H and O–H groups in total. The fourth-order valence-electron chi connectivity index (χ4n) is 2.82. The molecule has 1 aromatic carbocycles. The Kier molecular flexibility index (Phi) is 5.93. The minimum Gasteiger partial charge on any atom is -0.491 e. The van der Waals surface area contributed by atoms with E-state index in [2.05, 4.69) is 24.2 Å². The number of carbonyl (C=O) groups is 1. The molecule has 5 heteroatoms. The second-order valence-electron chi connectivity index (χ2n) is 7.21. The van der Waals surface area contributed by atoms with Crippen LogP contribution in [-0.2, 0) is 4.79 Å². The number of carbonyl (C=O) groups excluding carboxylic acids is 1. The maximum atomic E-state index is 12.6. The predicted octanol–water partition coefficient (Wildman–Crippen LogP) is 3.20. The third kappa shape index (κ3) is 4.85. The zero-order valence-electron chi connectivity index (χ0n) is 14.4. The number of piperidine rings is 1. The van der Waals surface area contributed by atoms with Gasteiger partial charge in [0.25, 0.3) is 0 Å². The monoisotopic (exact) mass is 338 g/mol. The third-order valence-electron chi connectivity index (χ3n) is 4.46. The number of nitrogens with zero attached hydrogens (tertiary/aromatic N) is 1. The van der Waals surface area contributed by atoms with Gasteiger partial charge in [-0.15, -0.1) is 0 Å². The summed E-state index contributed by atoms with van der Waals surface area (Å²) >= 11 is 6.09. The van der Waals surface area contributed by atoms with Gasteiger partial charge in [-0.1, -0.05) is 30.7 Å². The van der Waals surface area contributed by atoms with Crippen LogP contribution in [0, 0.1) is 11.3 Å². The van der Waals surface area contributed by atoms with Crippen LogP contribution < -0.4 is 10.1 Å². The number of halogens is 1. The summed E-state index contributed by atoms with van der Waals surface area (Å²) in [5, 5.41) is 3.76. The SMILES string of the molecule is CC1CN(C)CCC1NC(=O)C(C)(C)COc1ccccc1Cl. The third-order valence-corrected chi connectivity index (χ3v) is 4.78. The lowest BCUT2D eigenvalue weighted by atomic mass is 9.89. The molecule has 0 radical (unpaired) electrons. The Morgan fingerprint density at radius 2 is 2.13 bits per heavy atom. The topological polar surface area (TPSA) is 41.6 Å². The molecule has 0 spiro atoms. The van der Waals surface area contributed by atoms with Crippen LogP contribution in [-0.4, -0.2) is 43.6 Å². The van der Waals surface area contributed by atoms with Crippen molar-refractivity contribution < 1.29 is 9.53 Å². The van der Waals surface area contributed by atoms with Gasteiger partial charge >= 0.3 is 0 Å². The van der Waals surface area contributed by atoms with E-state index in [0.29, 0.717) is 23.3 Å². The number of hydrogen-bond acceptors (Lipinski definition) is 3. The molecule has 4 nitrogen and oxygen atoms in total. The van der Waals surface area contributed by atoms with Crippen molar-refractivity contribution in [2.24, 2.45) is 11.3 Å². The number of para-hydroxylation sites is 1. The number of benzene rings is 1. The van der Waals surface area contributed by atoms with Crippen molar-refractivity contribution in [3.8, 4) is 5.75 Å². The normalized spacial score (nSPS) is 22.7. The van der Waals surface area contributed by atoms with Crippen LogP contribution in [0.5, 0.6) is 5.75 Å². The van der Waals surface area contributed by atoms with Crippen molar-refractivity contribution in [2.75, 3.05) is 26.7 Å². The molecule has 1 fully saturated rings. The second kappa shape index (κ2) is 7.54. The predicted molar refractivity (Wildman–Crippen MR) is 93.9 cm³/mol. The maximum Gasteiger partial charge on any atom is 0.229 e. The van der Waals surface area contributed by atoms with Gasteiger partial charge in [-0.25, -0.2) is 0 Å². The molecule has 23 heavy (non-hydrogen) atoms. The molecule has 2 atom stereocenters. The van der Waals surface area contributed by atoms with E-state index in [1.807, 2.05) is 32.0 Å². The second-order valence-corrected chi connectivity index (χ2v) is 7.62. The summed E-state index contributed by atoms with van der Waals surface area (Å²) in [6.45, 7) is 8.32. The van der Waals surface area contributed by atoms with Crippen LogP contribution in [0.25, 0.3) is 0 Å². The fraction of sp³-hybridized carbons (Fsp3) is 0.611. The zero-order chi connectivity index (χ0) is 17.0. The van der Waals surface area contributed by atoms with Gasteiger partial charge in [0, 0.05) is 12.6 Å². The Labute approximate surface area is 144 Å². The molecule has 1 amide bonds. The summed E-state index contributed by atoms with van der Waals surface area (Å²) in [7, 11) is 2.12. The highest BCUT2D eigenvalue weighted by Crippen LogP contribution is 2.26. The maximum absolute atomic E-state index is 12.6. The fourth-order valence-corrected chi connectivity index (χ4v) is 3.01. The van der Waals surface area contributed by atoms with E-state index < -0.39 is 5.41 Å². The molecule has 2 rings (SSSR count). The van der Waals surface area contributed by atoms with Crippen molar-refractivity contribution in [2.45, 2.75) is 33.2 Å². The molecule has 0 aliphatic carbocycles. The molecule has 1 aromatic rings. The number of amides is 1. The van der Waals surface area contributed by atoms with E-state index in [-0.39, 0.29) is 11.9 Å². The van der Waals surface area contributed by atoms with Gasteiger partial charge in [-0.05, 0) is 51.9 Å². The average Bonchev–Trinajstić information content (AvgIpc) is 2.49. The van der Waals surface area contributed by atoms with Gasteiger partial charge in [0.1, 0.15) is 12.4 Å². The molecule has 0 bridgehead atoms. The number of rotatable bonds is 5. The van der Waals surface area contributed by atoms with Crippen LogP contribution >= 0.6 is 11.6 Å². The standard InChI is InChI=1S/C18H27ClN2O2/c1-13-11-21(4)10-9-15(13)20-17(22)18(2,3)12-23-16-8-6-5-7-14(16)19/h5-8,13,15H,9-12H2,1-4H3,(H,20,22).